The predicted molar refractivity (Wildman–Crippen MR) is 247 cm³/mol. The van der Waals surface area contributed by atoms with Gasteiger partial charge in [0.15, 0.2) is 0 Å². The summed E-state index contributed by atoms with van der Waals surface area (Å²) in [5.74, 6) is 7.46. The molecule has 8 bridgehead atoms. The van der Waals surface area contributed by atoms with Crippen molar-refractivity contribution < 1.29 is 2.85 Å². The number of rotatable bonds is 7. The molecule has 0 amide bonds. The number of likely N-dealkylation sites (N-methyl/N-ethyl adjacent to an activating group) is 1. The summed E-state index contributed by atoms with van der Waals surface area (Å²) in [5, 5.41) is 1.88. The lowest BCUT2D eigenvalue weighted by Crippen LogP contribution is -2.21. The summed E-state index contributed by atoms with van der Waals surface area (Å²) in [4.78, 5) is 25.0. The number of nitrogens with one attached hydrogen (secondary N) is 2. The number of aliphatic imine (C=N–C) groups is 1. The van der Waals surface area contributed by atoms with Crippen LogP contribution in [0.5, 0.6) is 0 Å². The molecule has 0 atom stereocenters. The molecule has 0 unspecified atom stereocenters. The van der Waals surface area contributed by atoms with Crippen LogP contribution in [0.2, 0.25) is 0 Å². The van der Waals surface area contributed by atoms with Crippen molar-refractivity contribution in [2.75, 3.05) is 6.54 Å². The zero-order valence-corrected chi connectivity index (χ0v) is 35.2. The van der Waals surface area contributed by atoms with E-state index in [9.17, 15) is 0 Å². The summed E-state index contributed by atoms with van der Waals surface area (Å²) in [6, 6.07) is 8.57. The van der Waals surface area contributed by atoms with E-state index in [0.29, 0.717) is 0 Å². The maximum Gasteiger partial charge on any atom is 0.144 e. The Morgan fingerprint density at radius 1 is 0.881 bits per heavy atom. The SMILES string of the molecule is C/C=C\C#CCC.C=C(C)/C1=c2\cc/c([nH]2)=C(\c2nccn2CC)C2=N/C(=C(/c3nccn3CC)c3ccc([nH]3)/C(C3=C=CCC=CN3CC)=C3/C=CC1=C=C3C)C=C2.[HH].[HH]. The van der Waals surface area contributed by atoms with E-state index in [2.05, 4.69) is 155 Å². The van der Waals surface area contributed by atoms with E-state index in [4.69, 9.17) is 15.0 Å². The molecule has 0 saturated heterocycles. The standard InChI is InChI=1S/C44H42N8.C7H10.2H2/c1-7-50-24-12-10-11-13-38(50)40-31-15-14-30(27-29(31)6)39(28(4)5)32-16-18-34(47-32)41(43-45-22-25-51(43)8-2)36-20-21-37(49-36)42(35-19-17-33(40)48-35)44-46-23-26-52(44)9-3;1-3-5-7-6-4-2;;/h11-12,14-26,47-48H,4,7-10H2,1-3,5-6H3;3,5H,4H2,1-2H3;2*1H/b39-32-,40-31+,41-34+,42-37+;5-3-;;. The van der Waals surface area contributed by atoms with Crippen LogP contribution in [0, 0.1) is 11.8 Å². The molecule has 8 heteroatoms. The highest BCUT2D eigenvalue weighted by molar-refractivity contribution is 6.29. The van der Waals surface area contributed by atoms with Crippen molar-refractivity contribution in [3.05, 3.63) is 189 Å². The van der Waals surface area contributed by atoms with E-state index < -0.39 is 0 Å². The van der Waals surface area contributed by atoms with Gasteiger partial charge in [-0.05, 0) is 119 Å². The van der Waals surface area contributed by atoms with Crippen LogP contribution in [-0.4, -0.2) is 46.2 Å². The fourth-order valence-electron chi connectivity index (χ4n) is 7.66. The van der Waals surface area contributed by atoms with Gasteiger partial charge < -0.3 is 24.0 Å². The van der Waals surface area contributed by atoms with Gasteiger partial charge in [0.2, 0.25) is 0 Å². The van der Waals surface area contributed by atoms with E-state index in [1.807, 2.05) is 50.8 Å². The van der Waals surface area contributed by atoms with E-state index in [0.717, 1.165) is 128 Å². The second kappa shape index (κ2) is 18.1. The molecule has 2 N–H and O–H groups in total. The van der Waals surface area contributed by atoms with E-state index in [-0.39, 0.29) is 2.85 Å². The average Bonchev–Trinajstić information content (AvgIpc) is 4.10. The van der Waals surface area contributed by atoms with Crippen LogP contribution in [0.15, 0.2) is 161 Å². The van der Waals surface area contributed by atoms with Gasteiger partial charge in [-0.15, -0.1) is 5.73 Å². The average molecular weight is 781 g/mol. The number of hydrogen-bond acceptors (Lipinski definition) is 4. The van der Waals surface area contributed by atoms with E-state index in [1.165, 1.54) is 0 Å². The molecule has 300 valence electrons. The monoisotopic (exact) mass is 780 g/mol. The van der Waals surface area contributed by atoms with Gasteiger partial charge in [0.1, 0.15) is 11.6 Å². The smallest absolute Gasteiger partial charge is 0.144 e. The third kappa shape index (κ3) is 8.08. The summed E-state index contributed by atoms with van der Waals surface area (Å²) in [6.07, 6.45) is 28.3. The number of imidazole rings is 2. The molecule has 4 aromatic rings. The summed E-state index contributed by atoms with van der Waals surface area (Å²) in [6.45, 7) is 21.4. The first-order valence-corrected chi connectivity index (χ1v) is 20.5. The second-order valence-electron chi connectivity index (χ2n) is 14.3. The van der Waals surface area contributed by atoms with Crippen LogP contribution >= 0.6 is 0 Å². The van der Waals surface area contributed by atoms with Crippen molar-refractivity contribution in [1.82, 2.24) is 34.0 Å². The molecule has 0 saturated carbocycles. The molecular formula is C51H56N8. The van der Waals surface area contributed by atoms with Gasteiger partial charge in [-0.2, -0.15) is 0 Å². The first-order chi connectivity index (χ1) is 28.8. The molecule has 59 heavy (non-hydrogen) atoms. The number of allylic oxidation sites excluding steroid dienone is 11. The molecule has 8 heterocycles. The number of aromatic nitrogens is 6. The van der Waals surface area contributed by atoms with Crippen LogP contribution < -0.4 is 10.7 Å². The fourth-order valence-corrected chi connectivity index (χ4v) is 7.66. The normalized spacial score (nSPS) is 20.1. The summed E-state index contributed by atoms with van der Waals surface area (Å²) >= 11 is 0. The maximum absolute atomic E-state index is 5.37. The lowest BCUT2D eigenvalue weighted by Gasteiger charge is -2.24. The Morgan fingerprint density at radius 3 is 2.25 bits per heavy atom. The van der Waals surface area contributed by atoms with Gasteiger partial charge in [0, 0.05) is 87.7 Å². The largest absolute Gasteiger partial charge is 0.354 e. The molecule has 4 aliphatic heterocycles. The van der Waals surface area contributed by atoms with Gasteiger partial charge in [0.25, 0.3) is 0 Å². The number of hydrogen-bond donors (Lipinski definition) is 2. The molecule has 1 aliphatic carbocycles. The van der Waals surface area contributed by atoms with Crippen molar-refractivity contribution >= 4 is 28.0 Å². The number of aryl methyl sites for hydroxylation is 2. The van der Waals surface area contributed by atoms with Gasteiger partial charge in [-0.3, -0.25) is 0 Å². The molecule has 0 fully saturated rings. The lowest BCUT2D eigenvalue weighted by molar-refractivity contribution is 0.511. The molecule has 0 aromatic carbocycles. The molecule has 0 radical (unpaired) electrons. The first-order valence-electron chi connectivity index (χ1n) is 20.5. The Balaban J connectivity index is 0.000000722. The van der Waals surface area contributed by atoms with E-state index in [1.54, 1.807) is 0 Å². The third-order valence-corrected chi connectivity index (χ3v) is 10.4. The molecule has 8 nitrogen and oxygen atoms in total. The minimum atomic E-state index is 0. The van der Waals surface area contributed by atoms with Crippen molar-refractivity contribution in [2.45, 2.75) is 74.4 Å². The van der Waals surface area contributed by atoms with Crippen LogP contribution in [0.25, 0.3) is 22.3 Å². The fraction of sp³-hybridized carbons (Fsp3) is 0.235. The molecular weight excluding hydrogens is 725 g/mol. The Morgan fingerprint density at radius 2 is 1.59 bits per heavy atom. The first kappa shape index (κ1) is 40.2. The highest BCUT2D eigenvalue weighted by Crippen LogP contribution is 2.38. The molecule has 4 aromatic heterocycles. The van der Waals surface area contributed by atoms with Gasteiger partial charge in [-0.1, -0.05) is 49.3 Å². The highest BCUT2D eigenvalue weighted by atomic mass is 15.1. The topological polar surface area (TPSA) is 82.8 Å². The van der Waals surface area contributed by atoms with Crippen LogP contribution in [0.1, 0.15) is 87.2 Å². The Hall–Kier alpha value is -7.03. The quantitative estimate of drug-likeness (QED) is 0.145. The molecule has 5 aliphatic rings. The minimum Gasteiger partial charge on any atom is -0.354 e. The van der Waals surface area contributed by atoms with Crippen molar-refractivity contribution in [1.29, 1.82) is 0 Å². The Bertz CT molecular complexity index is 2870. The van der Waals surface area contributed by atoms with Gasteiger partial charge >= 0.3 is 0 Å². The summed E-state index contributed by atoms with van der Waals surface area (Å²) < 4.78 is 4.32. The van der Waals surface area contributed by atoms with Crippen molar-refractivity contribution in [3.63, 3.8) is 0 Å². The van der Waals surface area contributed by atoms with Crippen LogP contribution in [-0.2, 0) is 13.1 Å². The summed E-state index contributed by atoms with van der Waals surface area (Å²) in [5.41, 5.74) is 19.9. The predicted octanol–water partition coefficient (Wildman–Crippen LogP) is 9.73. The number of aromatic amines is 2. The third-order valence-electron chi connectivity index (χ3n) is 10.4. The van der Waals surface area contributed by atoms with Crippen LogP contribution in [0.4, 0.5) is 0 Å². The zero-order chi connectivity index (χ0) is 41.5. The van der Waals surface area contributed by atoms with Crippen molar-refractivity contribution in [2.24, 2.45) is 4.99 Å². The van der Waals surface area contributed by atoms with E-state index >= 15 is 0 Å². The van der Waals surface area contributed by atoms with Gasteiger partial charge in [-0.25, -0.2) is 15.0 Å². The Labute approximate surface area is 350 Å². The molecule has 9 rings (SSSR count). The van der Waals surface area contributed by atoms with Crippen molar-refractivity contribution in [3.8, 4) is 11.8 Å². The summed E-state index contributed by atoms with van der Waals surface area (Å²) in [7, 11) is 0. The van der Waals surface area contributed by atoms with Crippen LogP contribution in [0.3, 0.4) is 0 Å². The second-order valence-corrected chi connectivity index (χ2v) is 14.3. The zero-order valence-electron chi connectivity index (χ0n) is 35.2. The highest BCUT2D eigenvalue weighted by Gasteiger charge is 2.26. The Kier molecular flexibility index (Phi) is 12.3. The minimum absolute atomic E-state index is 0. The number of nitrogens with zero attached hydrogens (tertiary/aromatic N) is 6. The number of H-pyrrole nitrogens is 2. The van der Waals surface area contributed by atoms with Gasteiger partial charge in [0.05, 0.1) is 39.3 Å². The molecule has 0 spiro atoms. The maximum atomic E-state index is 5.37. The lowest BCUT2D eigenvalue weighted by atomic mass is 9.89.